The number of hydrogen-bond acceptors (Lipinski definition) is 0. The van der Waals surface area contributed by atoms with Crippen LogP contribution in [0, 0.1) is 138 Å². The number of benzene rings is 9. The van der Waals surface area contributed by atoms with Gasteiger partial charge in [-0.2, -0.15) is 0 Å². The molecule has 0 saturated heterocycles. The van der Waals surface area contributed by atoms with E-state index in [4.69, 9.17) is 0 Å². The fraction of sp³-hybridized carbons (Fsp3) is 0.333. The van der Waals surface area contributed by atoms with Crippen molar-refractivity contribution >= 4 is 0 Å². The van der Waals surface area contributed by atoms with Crippen LogP contribution in [-0.4, -0.2) is 0 Å². The van der Waals surface area contributed by atoms with Crippen molar-refractivity contribution < 1.29 is 0 Å². The Morgan fingerprint density at radius 2 is 0.506 bits per heavy atom. The molecule has 0 aliphatic carbocycles. The Bertz CT molecular complexity index is 3340. The fourth-order valence-electron chi connectivity index (χ4n) is 9.66. The van der Waals surface area contributed by atoms with Crippen molar-refractivity contribution in [3.8, 4) is 33.4 Å². The molecule has 0 aliphatic rings. The van der Waals surface area contributed by atoms with Crippen LogP contribution in [-0.2, 0) is 5.41 Å². The van der Waals surface area contributed by atoms with Gasteiger partial charge in [0.25, 0.3) is 0 Å². The highest BCUT2D eigenvalue weighted by molar-refractivity contribution is 5.68. The molecule has 0 spiro atoms. The molecule has 0 radical (unpaired) electrons. The van der Waals surface area contributed by atoms with Crippen molar-refractivity contribution in [3.05, 3.63) is 280 Å². The Balaban J connectivity index is 0.000000212. The molecular formula is C81H102. The maximum atomic E-state index is 2.31. The van der Waals surface area contributed by atoms with Crippen molar-refractivity contribution in [2.45, 2.75) is 184 Å². The summed E-state index contributed by atoms with van der Waals surface area (Å²) < 4.78 is 0. The Morgan fingerprint density at radius 1 is 0.235 bits per heavy atom. The molecule has 0 heteroatoms. The SMILES string of the molecule is Cc1cc(-c2ccc(C(C)C)cc2)cc(C)c1C.Cc1cc(-c2ccccc2)cc(C)c1C.Cc1cc(C(C)(C)C)cc(C)c1C.Cc1cc(C)c(C)c(C)c1.Cc1ccc(-c2cc(C)c(C)c(C)c2)cc1.Cc1cccc(C)c1C. The molecule has 0 aromatic heterocycles. The highest BCUT2D eigenvalue weighted by Crippen LogP contribution is 2.30. The van der Waals surface area contributed by atoms with E-state index < -0.39 is 0 Å². The molecule has 9 aromatic carbocycles. The second kappa shape index (κ2) is 30.2. The van der Waals surface area contributed by atoms with Gasteiger partial charge in [0.15, 0.2) is 0 Å². The molecule has 0 aliphatic heterocycles. The van der Waals surface area contributed by atoms with Crippen LogP contribution in [0.3, 0.4) is 0 Å². The lowest BCUT2D eigenvalue weighted by atomic mass is 9.84. The minimum Gasteiger partial charge on any atom is -0.0622 e. The first-order valence-electron chi connectivity index (χ1n) is 29.5. The van der Waals surface area contributed by atoms with Gasteiger partial charge >= 0.3 is 0 Å². The molecule has 0 saturated carbocycles. The van der Waals surface area contributed by atoms with Crippen LogP contribution in [0.25, 0.3) is 33.4 Å². The maximum absolute atomic E-state index is 2.31. The van der Waals surface area contributed by atoms with Crippen LogP contribution in [0.4, 0.5) is 0 Å². The summed E-state index contributed by atoms with van der Waals surface area (Å²) in [7, 11) is 0. The van der Waals surface area contributed by atoms with Gasteiger partial charge in [-0.25, -0.2) is 0 Å². The molecule has 9 aromatic rings. The molecule has 0 unspecified atom stereocenters. The summed E-state index contributed by atoms with van der Waals surface area (Å²) in [6.07, 6.45) is 0. The molecule has 9 rings (SSSR count). The van der Waals surface area contributed by atoms with E-state index >= 15 is 0 Å². The second-order valence-corrected chi connectivity index (χ2v) is 24.7. The number of aryl methyl sites for hydroxylation is 14. The zero-order valence-corrected chi connectivity index (χ0v) is 55.1. The van der Waals surface area contributed by atoms with Crippen molar-refractivity contribution in [3.63, 3.8) is 0 Å². The molecule has 0 bridgehead atoms. The van der Waals surface area contributed by atoms with Crippen LogP contribution in [0.1, 0.15) is 163 Å². The maximum Gasteiger partial charge on any atom is -0.0132 e. The van der Waals surface area contributed by atoms with Crippen molar-refractivity contribution in [2.24, 2.45) is 0 Å². The molecule has 0 atom stereocenters. The average Bonchev–Trinajstić information content (AvgIpc) is 3.43. The summed E-state index contributed by atoms with van der Waals surface area (Å²) in [6, 6.07) is 57.3. The van der Waals surface area contributed by atoms with Crippen LogP contribution in [0.5, 0.6) is 0 Å². The molecular weight excluding hydrogens is 973 g/mol. The van der Waals surface area contributed by atoms with E-state index in [1.807, 2.05) is 0 Å². The quantitative estimate of drug-likeness (QED) is 0.165. The zero-order valence-electron chi connectivity index (χ0n) is 55.1. The van der Waals surface area contributed by atoms with Gasteiger partial charge < -0.3 is 0 Å². The smallest absolute Gasteiger partial charge is 0.0132 e. The van der Waals surface area contributed by atoms with Gasteiger partial charge in [0.05, 0.1) is 0 Å². The molecule has 0 nitrogen and oxygen atoms in total. The van der Waals surface area contributed by atoms with Gasteiger partial charge in [0.2, 0.25) is 0 Å². The normalized spacial score (nSPS) is 10.6. The van der Waals surface area contributed by atoms with E-state index in [-0.39, 0.29) is 5.41 Å². The van der Waals surface area contributed by atoms with E-state index in [1.165, 1.54) is 156 Å². The Kier molecular flexibility index (Phi) is 24.8. The fourth-order valence-corrected chi connectivity index (χ4v) is 9.66. The van der Waals surface area contributed by atoms with Crippen LogP contribution in [0.2, 0.25) is 0 Å². The lowest BCUT2D eigenvalue weighted by molar-refractivity contribution is 0.589. The zero-order chi connectivity index (χ0) is 60.6. The number of hydrogen-bond donors (Lipinski definition) is 0. The lowest BCUT2D eigenvalue weighted by Crippen LogP contribution is -2.12. The lowest BCUT2D eigenvalue weighted by Gasteiger charge is -2.21. The highest BCUT2D eigenvalue weighted by atomic mass is 14.2. The van der Waals surface area contributed by atoms with Gasteiger partial charge in [-0.1, -0.05) is 203 Å². The minimum atomic E-state index is 0.267. The standard InChI is InChI=1S/C18H22.C16H18.C15H16.C13H20.C10H14.C9H12/c1-12(2)16-6-8-17(9-7-16)18-10-13(3)15(5)14(4)11-18;1-11-5-7-15(8-6-11)16-9-12(2)14(4)13(3)10-16;1-11-9-15(10-12(2)13(11)3)14-7-5-4-6-8-14;1-9-7-12(13(4,5)6)8-10(2)11(9)3;1-7-5-8(2)10(4)9(3)6-7;1-7-5-4-6-8(2)9(7)3/h6-12H,1-5H3;5-10H,1-4H3;4-10H,1-3H3;7-8H,1-6H3;5-6H,1-4H3;4-6H,1-3H3. The Hall–Kier alpha value is -7.02. The largest absolute Gasteiger partial charge is 0.0622 e. The molecule has 426 valence electrons. The first-order valence-corrected chi connectivity index (χ1v) is 29.5. The third-order valence-electron chi connectivity index (χ3n) is 16.9. The first kappa shape index (κ1) is 66.5. The third kappa shape index (κ3) is 19.6. The first-order chi connectivity index (χ1) is 37.9. The van der Waals surface area contributed by atoms with Crippen molar-refractivity contribution in [2.75, 3.05) is 0 Å². The molecule has 81 heavy (non-hydrogen) atoms. The van der Waals surface area contributed by atoms with E-state index in [0.29, 0.717) is 5.92 Å². The molecule has 0 amide bonds. The summed E-state index contributed by atoms with van der Waals surface area (Å²) in [6.45, 7) is 54.7. The van der Waals surface area contributed by atoms with Crippen molar-refractivity contribution in [1.82, 2.24) is 0 Å². The highest BCUT2D eigenvalue weighted by Gasteiger charge is 2.15. The summed E-state index contributed by atoms with van der Waals surface area (Å²) in [5, 5.41) is 0. The summed E-state index contributed by atoms with van der Waals surface area (Å²) >= 11 is 0. The summed E-state index contributed by atoms with van der Waals surface area (Å²) in [5.41, 5.74) is 38.7. The van der Waals surface area contributed by atoms with Gasteiger partial charge in [-0.15, -0.1) is 0 Å². The molecule has 0 heterocycles. The Morgan fingerprint density at radius 3 is 0.802 bits per heavy atom. The van der Waals surface area contributed by atoms with Crippen LogP contribution >= 0.6 is 0 Å². The van der Waals surface area contributed by atoms with Crippen LogP contribution in [0.15, 0.2) is 158 Å². The van der Waals surface area contributed by atoms with Crippen molar-refractivity contribution in [1.29, 1.82) is 0 Å². The van der Waals surface area contributed by atoms with Gasteiger partial charge in [0.1, 0.15) is 0 Å². The van der Waals surface area contributed by atoms with Gasteiger partial charge in [-0.05, 0) is 294 Å². The van der Waals surface area contributed by atoms with Crippen LogP contribution < -0.4 is 0 Å². The predicted octanol–water partition coefficient (Wildman–Crippen LogP) is 23.7. The van der Waals surface area contributed by atoms with Gasteiger partial charge in [0, 0.05) is 0 Å². The predicted molar refractivity (Wildman–Crippen MR) is 362 cm³/mol. The molecule has 0 fully saturated rings. The van der Waals surface area contributed by atoms with Gasteiger partial charge in [-0.3, -0.25) is 0 Å². The third-order valence-corrected chi connectivity index (χ3v) is 16.9. The minimum absolute atomic E-state index is 0.267. The Labute approximate surface area is 495 Å². The second-order valence-electron chi connectivity index (χ2n) is 24.7. The van der Waals surface area contributed by atoms with E-state index in [0.717, 1.165) is 0 Å². The number of rotatable bonds is 4. The monoisotopic (exact) mass is 1070 g/mol. The average molecular weight is 1080 g/mol. The topological polar surface area (TPSA) is 0 Å². The summed E-state index contributed by atoms with van der Waals surface area (Å²) in [5.74, 6) is 0.598. The van der Waals surface area contributed by atoms with E-state index in [2.05, 4.69) is 331 Å². The summed E-state index contributed by atoms with van der Waals surface area (Å²) in [4.78, 5) is 0. The molecule has 0 N–H and O–H groups in total. The van der Waals surface area contributed by atoms with E-state index in [9.17, 15) is 0 Å². The van der Waals surface area contributed by atoms with E-state index in [1.54, 1.807) is 0 Å².